The monoisotopic (exact) mass is 729 g/mol. The molecule has 0 spiro atoms. The Bertz CT molecular complexity index is 1440. The van der Waals surface area contributed by atoms with E-state index in [0.29, 0.717) is 38.5 Å². The van der Waals surface area contributed by atoms with Gasteiger partial charge in [-0.15, -0.1) is 0 Å². The normalized spacial score (nSPS) is 17.0. The van der Waals surface area contributed by atoms with Gasteiger partial charge in [-0.1, -0.05) is 34.1 Å². The fraction of sp³-hybridized carbons (Fsp3) is 0.543. The minimum absolute atomic E-state index is 0.0238. The topological polar surface area (TPSA) is 132 Å². The number of nitrogens with zero attached hydrogens (tertiary/aromatic N) is 4. The quantitative estimate of drug-likeness (QED) is 0.341. The minimum Gasteiger partial charge on any atom is -0.478 e. The molecule has 2 aliphatic heterocycles. The number of benzene rings is 2. The van der Waals surface area contributed by atoms with E-state index in [9.17, 15) is 24.3 Å². The van der Waals surface area contributed by atoms with Gasteiger partial charge < -0.3 is 39.5 Å². The van der Waals surface area contributed by atoms with Crippen LogP contribution in [-0.4, -0.2) is 107 Å². The van der Waals surface area contributed by atoms with E-state index in [0.717, 1.165) is 35.1 Å². The molecule has 2 aliphatic rings. The van der Waals surface area contributed by atoms with Crippen molar-refractivity contribution in [2.75, 3.05) is 57.3 Å². The minimum atomic E-state index is -1.16. The lowest BCUT2D eigenvalue weighted by Gasteiger charge is -2.38. The van der Waals surface area contributed by atoms with E-state index in [1.165, 1.54) is 4.90 Å². The number of alkyl carbamates (subject to hydrolysis) is 1. The lowest BCUT2D eigenvalue weighted by Crippen LogP contribution is -2.56. The van der Waals surface area contributed by atoms with Gasteiger partial charge in [0.2, 0.25) is 5.91 Å². The number of anilines is 1. The first kappa shape index (κ1) is 36.8. The third-order valence-electron chi connectivity index (χ3n) is 8.33. The highest BCUT2D eigenvalue weighted by molar-refractivity contribution is 9.10. The number of piperidine rings is 1. The zero-order valence-corrected chi connectivity index (χ0v) is 30.1. The standard InChI is InChI=1S/C35H48BrN5O7/c1-34(2,3)48-32(44)37-15-17-41(23-25-11-13-27(36)14-12-25)30(42)26-8-7-16-40(24-26)28-9-6-10-29(22-28)47-35(4,5)31(43)38-18-20-39(21-19-38)33(45)46/h6,9-14,22,26H,7-8,15-21,23-24H2,1-5H3,(H,37,44)(H,45,46). The molecule has 2 N–H and O–H groups in total. The second-order valence-corrected chi connectivity index (χ2v) is 14.7. The average Bonchev–Trinajstić information content (AvgIpc) is 3.03. The number of piperazine rings is 1. The molecule has 262 valence electrons. The summed E-state index contributed by atoms with van der Waals surface area (Å²) in [4.78, 5) is 57.8. The second kappa shape index (κ2) is 15.9. The summed E-state index contributed by atoms with van der Waals surface area (Å²) in [7, 11) is 0. The number of nitrogens with one attached hydrogen (secondary N) is 1. The molecule has 2 aromatic rings. The molecule has 2 fully saturated rings. The van der Waals surface area contributed by atoms with E-state index in [-0.39, 0.29) is 37.4 Å². The molecule has 4 rings (SSSR count). The number of carbonyl (C=O) groups excluding carboxylic acids is 3. The van der Waals surface area contributed by atoms with Crippen molar-refractivity contribution in [3.63, 3.8) is 0 Å². The SMILES string of the molecule is CC(C)(C)OC(=O)NCCN(Cc1ccc(Br)cc1)C(=O)C1CCCN(c2cccc(OC(C)(C)C(=O)N3CCN(C(=O)O)CC3)c2)C1. The maximum Gasteiger partial charge on any atom is 0.407 e. The number of carboxylic acid groups (broad SMARTS) is 1. The van der Waals surface area contributed by atoms with Crippen LogP contribution in [0.5, 0.6) is 5.75 Å². The first-order chi connectivity index (χ1) is 22.6. The Kier molecular flexibility index (Phi) is 12.2. The number of rotatable bonds is 10. The summed E-state index contributed by atoms with van der Waals surface area (Å²) >= 11 is 3.47. The molecule has 4 amide bonds. The van der Waals surface area contributed by atoms with Crippen LogP contribution >= 0.6 is 15.9 Å². The fourth-order valence-corrected chi connectivity index (χ4v) is 6.18. The van der Waals surface area contributed by atoms with Gasteiger partial charge in [-0.25, -0.2) is 9.59 Å². The largest absolute Gasteiger partial charge is 0.478 e. The van der Waals surface area contributed by atoms with E-state index in [1.54, 1.807) is 44.4 Å². The molecule has 1 unspecified atom stereocenters. The van der Waals surface area contributed by atoms with Gasteiger partial charge in [0.15, 0.2) is 5.60 Å². The summed E-state index contributed by atoms with van der Waals surface area (Å²) < 4.78 is 12.6. The van der Waals surface area contributed by atoms with E-state index in [2.05, 4.69) is 26.1 Å². The van der Waals surface area contributed by atoms with Crippen LogP contribution in [-0.2, 0) is 20.9 Å². The summed E-state index contributed by atoms with van der Waals surface area (Å²) in [5, 5.41) is 12.0. The lowest BCUT2D eigenvalue weighted by atomic mass is 9.95. The lowest BCUT2D eigenvalue weighted by molar-refractivity contribution is -0.147. The highest BCUT2D eigenvalue weighted by Crippen LogP contribution is 2.30. The van der Waals surface area contributed by atoms with Crippen molar-refractivity contribution in [3.8, 4) is 5.75 Å². The van der Waals surface area contributed by atoms with Gasteiger partial charge in [0, 0.05) is 75.1 Å². The first-order valence-electron chi connectivity index (χ1n) is 16.4. The number of halogens is 1. The summed E-state index contributed by atoms with van der Waals surface area (Å²) in [6.07, 6.45) is 0.0768. The molecular weight excluding hydrogens is 682 g/mol. The van der Waals surface area contributed by atoms with Crippen molar-refractivity contribution < 1.29 is 33.8 Å². The van der Waals surface area contributed by atoms with Crippen LogP contribution in [0.3, 0.4) is 0 Å². The van der Waals surface area contributed by atoms with Gasteiger partial charge in [-0.2, -0.15) is 0 Å². The predicted octanol–water partition coefficient (Wildman–Crippen LogP) is 5.20. The highest BCUT2D eigenvalue weighted by atomic mass is 79.9. The Morgan fingerprint density at radius 2 is 1.62 bits per heavy atom. The average molecular weight is 731 g/mol. The van der Waals surface area contributed by atoms with Gasteiger partial charge in [0.1, 0.15) is 11.4 Å². The summed E-state index contributed by atoms with van der Waals surface area (Å²) in [5.41, 5.74) is 0.109. The van der Waals surface area contributed by atoms with Crippen molar-refractivity contribution in [1.29, 1.82) is 0 Å². The molecular formula is C35H48BrN5O7. The van der Waals surface area contributed by atoms with Crippen molar-refractivity contribution in [2.45, 2.75) is 65.2 Å². The molecule has 0 bridgehead atoms. The van der Waals surface area contributed by atoms with Crippen molar-refractivity contribution in [1.82, 2.24) is 20.0 Å². The molecule has 12 nitrogen and oxygen atoms in total. The maximum absolute atomic E-state index is 14.0. The number of amides is 4. The van der Waals surface area contributed by atoms with Gasteiger partial charge in [-0.05, 0) is 77.3 Å². The number of ether oxygens (including phenoxy) is 2. The smallest absolute Gasteiger partial charge is 0.407 e. The van der Waals surface area contributed by atoms with Crippen LogP contribution in [0, 0.1) is 5.92 Å². The molecule has 48 heavy (non-hydrogen) atoms. The van der Waals surface area contributed by atoms with Gasteiger partial charge in [-0.3, -0.25) is 9.59 Å². The van der Waals surface area contributed by atoms with Gasteiger partial charge in [0.05, 0.1) is 5.92 Å². The Labute approximate surface area is 291 Å². The highest BCUT2D eigenvalue weighted by Gasteiger charge is 2.37. The molecule has 1 atom stereocenters. The van der Waals surface area contributed by atoms with Crippen LogP contribution in [0.1, 0.15) is 53.0 Å². The molecule has 0 saturated carbocycles. The van der Waals surface area contributed by atoms with Gasteiger partial charge in [0.25, 0.3) is 5.91 Å². The molecule has 13 heteroatoms. The zero-order valence-electron chi connectivity index (χ0n) is 28.5. The Morgan fingerprint density at radius 1 is 0.958 bits per heavy atom. The molecule has 2 saturated heterocycles. The summed E-state index contributed by atoms with van der Waals surface area (Å²) in [5.74, 6) is 0.112. The van der Waals surface area contributed by atoms with E-state index in [1.807, 2.05) is 48.5 Å². The Balaban J connectivity index is 1.41. The van der Waals surface area contributed by atoms with Crippen LogP contribution in [0.2, 0.25) is 0 Å². The maximum atomic E-state index is 14.0. The molecule has 2 aromatic carbocycles. The van der Waals surface area contributed by atoms with Crippen molar-refractivity contribution >= 4 is 45.6 Å². The van der Waals surface area contributed by atoms with E-state index >= 15 is 0 Å². The van der Waals surface area contributed by atoms with Crippen molar-refractivity contribution in [2.24, 2.45) is 5.92 Å². The summed E-state index contributed by atoms with van der Waals surface area (Å²) in [6, 6.07) is 15.4. The van der Waals surface area contributed by atoms with Crippen molar-refractivity contribution in [3.05, 3.63) is 58.6 Å². The van der Waals surface area contributed by atoms with Crippen LogP contribution in [0.15, 0.2) is 53.0 Å². The van der Waals surface area contributed by atoms with Crippen LogP contribution in [0.4, 0.5) is 15.3 Å². The van der Waals surface area contributed by atoms with E-state index < -0.39 is 23.4 Å². The Morgan fingerprint density at radius 3 is 2.27 bits per heavy atom. The van der Waals surface area contributed by atoms with E-state index in [4.69, 9.17) is 9.47 Å². The zero-order chi connectivity index (χ0) is 35.1. The van der Waals surface area contributed by atoms with Gasteiger partial charge >= 0.3 is 12.2 Å². The van der Waals surface area contributed by atoms with Crippen LogP contribution in [0.25, 0.3) is 0 Å². The molecule has 2 heterocycles. The third kappa shape index (κ3) is 10.5. The molecule has 0 radical (unpaired) electrons. The van der Waals surface area contributed by atoms with Crippen LogP contribution < -0.4 is 15.0 Å². The number of hydrogen-bond acceptors (Lipinski definition) is 7. The molecule has 0 aliphatic carbocycles. The summed E-state index contributed by atoms with van der Waals surface area (Å²) in [6.45, 7) is 12.3. The second-order valence-electron chi connectivity index (χ2n) is 13.8. The fourth-order valence-electron chi connectivity index (χ4n) is 5.92. The third-order valence-corrected chi connectivity index (χ3v) is 8.86. The first-order valence-corrected chi connectivity index (χ1v) is 17.2. The molecule has 0 aromatic heterocycles. The number of hydrogen-bond donors (Lipinski definition) is 2. The number of carbonyl (C=O) groups is 4. The Hall–Kier alpha value is -4.00. The predicted molar refractivity (Wildman–Crippen MR) is 186 cm³/mol.